The van der Waals surface area contributed by atoms with E-state index in [1.54, 1.807) is 12.1 Å². The van der Waals surface area contributed by atoms with Gasteiger partial charge in [-0.05, 0) is 46.3 Å². The van der Waals surface area contributed by atoms with Crippen molar-refractivity contribution in [1.82, 2.24) is 5.32 Å². The number of carbonyl (C=O) groups excluding carboxylic acids is 3. The van der Waals surface area contributed by atoms with Gasteiger partial charge in [-0.2, -0.15) is 0 Å². The number of ether oxygens (including phenoxy) is 1. The molecule has 2 aromatic rings. The average molecular weight is 525 g/mol. The van der Waals surface area contributed by atoms with E-state index >= 15 is 0 Å². The predicted octanol–water partition coefficient (Wildman–Crippen LogP) is 3.79. The van der Waals surface area contributed by atoms with Crippen LogP contribution < -0.4 is 15.0 Å². The van der Waals surface area contributed by atoms with Crippen molar-refractivity contribution in [2.24, 2.45) is 0 Å². The summed E-state index contributed by atoms with van der Waals surface area (Å²) in [6.45, 7) is 0. The Morgan fingerprint density at radius 1 is 1.14 bits per heavy atom. The summed E-state index contributed by atoms with van der Waals surface area (Å²) in [6, 6.07) is 7.24. The Morgan fingerprint density at radius 2 is 1.79 bits per heavy atom. The molecule has 1 aliphatic heterocycles. The highest BCUT2D eigenvalue weighted by molar-refractivity contribution is 9.11. The van der Waals surface area contributed by atoms with E-state index in [0.717, 1.165) is 17.0 Å². The molecule has 1 heterocycles. The fourth-order valence-corrected chi connectivity index (χ4v) is 4.09. The highest BCUT2D eigenvalue weighted by Gasteiger charge is 2.37. The average Bonchev–Trinajstić information content (AvgIpc) is 2.65. The first-order valence-electron chi connectivity index (χ1n) is 7.92. The lowest BCUT2D eigenvalue weighted by atomic mass is 10.1. The normalized spacial score (nSPS) is 15.5. The first-order valence-corrected chi connectivity index (χ1v) is 9.50. The molecule has 0 radical (unpaired) electrons. The van der Waals surface area contributed by atoms with Crippen LogP contribution in [0.4, 0.5) is 16.2 Å². The molecule has 29 heavy (non-hydrogen) atoms. The van der Waals surface area contributed by atoms with Gasteiger partial charge in [0.25, 0.3) is 17.5 Å². The molecule has 0 bridgehead atoms. The Kier molecular flexibility index (Phi) is 5.80. The van der Waals surface area contributed by atoms with E-state index in [2.05, 4.69) is 37.2 Å². The lowest BCUT2D eigenvalue weighted by Gasteiger charge is -2.26. The van der Waals surface area contributed by atoms with Gasteiger partial charge in [-0.3, -0.25) is 25.0 Å². The fraction of sp³-hybridized carbons (Fsp3) is 0.0556. The van der Waals surface area contributed by atoms with E-state index in [0.29, 0.717) is 20.3 Å². The van der Waals surface area contributed by atoms with E-state index in [1.807, 2.05) is 0 Å². The molecule has 0 unspecified atom stereocenters. The van der Waals surface area contributed by atoms with Gasteiger partial charge < -0.3 is 4.74 Å². The zero-order valence-electron chi connectivity index (χ0n) is 14.6. The van der Waals surface area contributed by atoms with Crippen molar-refractivity contribution in [1.29, 1.82) is 0 Å². The fourth-order valence-electron chi connectivity index (χ4n) is 2.67. The van der Waals surface area contributed by atoms with Crippen LogP contribution in [0.5, 0.6) is 5.75 Å². The zero-order valence-corrected chi connectivity index (χ0v) is 17.8. The molecule has 0 aromatic heterocycles. The van der Waals surface area contributed by atoms with Crippen LogP contribution in [0.25, 0.3) is 6.08 Å². The van der Waals surface area contributed by atoms with Gasteiger partial charge in [0, 0.05) is 22.2 Å². The molecule has 11 heteroatoms. The third-order valence-corrected chi connectivity index (χ3v) is 5.01. The number of nitro groups is 1. The molecule has 3 rings (SSSR count). The van der Waals surface area contributed by atoms with E-state index in [1.165, 1.54) is 25.3 Å². The summed E-state index contributed by atoms with van der Waals surface area (Å²) in [6.07, 6.45) is 1.30. The number of carbonyl (C=O) groups is 3. The van der Waals surface area contributed by atoms with Gasteiger partial charge in [0.05, 0.1) is 22.2 Å². The Hall–Kier alpha value is -3.05. The topological polar surface area (TPSA) is 119 Å². The molecule has 1 fully saturated rings. The molecule has 9 nitrogen and oxygen atoms in total. The van der Waals surface area contributed by atoms with Crippen LogP contribution in [0.1, 0.15) is 5.56 Å². The van der Waals surface area contributed by atoms with Crippen molar-refractivity contribution < 1.29 is 24.0 Å². The van der Waals surface area contributed by atoms with Crippen LogP contribution >= 0.6 is 31.9 Å². The number of imide groups is 2. The minimum Gasteiger partial charge on any atom is -0.495 e. The maximum absolute atomic E-state index is 12.9. The number of urea groups is 1. The number of amides is 4. The summed E-state index contributed by atoms with van der Waals surface area (Å²) in [4.78, 5) is 48.4. The van der Waals surface area contributed by atoms with Crippen LogP contribution in [0.3, 0.4) is 0 Å². The lowest BCUT2D eigenvalue weighted by molar-refractivity contribution is -0.384. The maximum atomic E-state index is 12.9. The molecule has 1 saturated heterocycles. The van der Waals surface area contributed by atoms with Crippen molar-refractivity contribution in [3.05, 3.63) is 66.6 Å². The molecule has 0 saturated carbocycles. The number of anilines is 1. The molecule has 0 spiro atoms. The first-order chi connectivity index (χ1) is 13.7. The van der Waals surface area contributed by atoms with Crippen LogP contribution in [0, 0.1) is 10.1 Å². The number of methoxy groups -OCH3 is 1. The standard InChI is InChI=1S/C18H11Br2N3O6/c1-29-15-9(6-10(19)8-14(15)20)7-13-16(24)21-18(26)22(17(13)25)11-2-4-12(5-3-11)23(27)28/h2-8H,1H3,(H,21,24,26)/b13-7+. The van der Waals surface area contributed by atoms with E-state index in [-0.39, 0.29) is 16.9 Å². The number of halogens is 2. The largest absolute Gasteiger partial charge is 0.495 e. The smallest absolute Gasteiger partial charge is 0.335 e. The molecule has 0 atom stereocenters. The lowest BCUT2D eigenvalue weighted by Crippen LogP contribution is -2.54. The number of nitrogens with zero attached hydrogens (tertiary/aromatic N) is 2. The van der Waals surface area contributed by atoms with E-state index < -0.39 is 22.8 Å². The number of nitrogens with one attached hydrogen (secondary N) is 1. The van der Waals surface area contributed by atoms with Crippen molar-refractivity contribution in [2.45, 2.75) is 0 Å². The molecule has 4 amide bonds. The Morgan fingerprint density at radius 3 is 2.38 bits per heavy atom. The Bertz CT molecular complexity index is 1080. The number of benzene rings is 2. The van der Waals surface area contributed by atoms with Crippen LogP contribution in [-0.2, 0) is 9.59 Å². The number of barbiturate groups is 1. The molecule has 2 aromatic carbocycles. The molecule has 1 N–H and O–H groups in total. The SMILES string of the molecule is COc1c(Br)cc(Br)cc1/C=C1\C(=O)NC(=O)N(c2ccc([N+](=O)[O-])cc2)C1=O. The monoisotopic (exact) mass is 523 g/mol. The van der Waals surface area contributed by atoms with Gasteiger partial charge in [-0.1, -0.05) is 15.9 Å². The molecule has 1 aliphatic rings. The van der Waals surface area contributed by atoms with Crippen molar-refractivity contribution in [3.8, 4) is 5.75 Å². The molecule has 0 aliphatic carbocycles. The van der Waals surface area contributed by atoms with Gasteiger partial charge in [-0.15, -0.1) is 0 Å². The van der Waals surface area contributed by atoms with Crippen LogP contribution in [0.15, 0.2) is 50.9 Å². The van der Waals surface area contributed by atoms with Crippen molar-refractivity contribution >= 4 is 67.2 Å². The second-order valence-corrected chi connectivity index (χ2v) is 7.51. The highest BCUT2D eigenvalue weighted by Crippen LogP contribution is 2.34. The summed E-state index contributed by atoms with van der Waals surface area (Å²) in [5.41, 5.74) is 0.00423. The summed E-state index contributed by atoms with van der Waals surface area (Å²) >= 11 is 6.67. The molecular formula is C18H11Br2N3O6. The first kappa shape index (κ1) is 20.7. The quantitative estimate of drug-likeness (QED) is 0.281. The summed E-state index contributed by atoms with van der Waals surface area (Å²) in [5.74, 6) is -1.35. The van der Waals surface area contributed by atoms with Gasteiger partial charge in [-0.25, -0.2) is 9.69 Å². The zero-order chi connectivity index (χ0) is 21.3. The number of hydrogen-bond acceptors (Lipinski definition) is 6. The third-order valence-electron chi connectivity index (χ3n) is 3.96. The number of non-ortho nitro benzene ring substituents is 1. The maximum Gasteiger partial charge on any atom is 0.335 e. The highest BCUT2D eigenvalue weighted by atomic mass is 79.9. The van der Waals surface area contributed by atoms with Gasteiger partial charge in [0.15, 0.2) is 0 Å². The Labute approximate surface area is 180 Å². The number of nitro benzene ring substituents is 1. The number of rotatable bonds is 4. The van der Waals surface area contributed by atoms with E-state index in [4.69, 9.17) is 4.74 Å². The van der Waals surface area contributed by atoms with Gasteiger partial charge in [0.1, 0.15) is 11.3 Å². The second kappa shape index (κ2) is 8.13. The van der Waals surface area contributed by atoms with Crippen LogP contribution in [-0.4, -0.2) is 29.9 Å². The summed E-state index contributed by atoms with van der Waals surface area (Å²) < 4.78 is 6.57. The molecular weight excluding hydrogens is 514 g/mol. The Balaban J connectivity index is 2.06. The minimum atomic E-state index is -0.951. The molecule has 148 valence electrons. The van der Waals surface area contributed by atoms with Gasteiger partial charge >= 0.3 is 6.03 Å². The second-order valence-electron chi connectivity index (χ2n) is 5.74. The predicted molar refractivity (Wildman–Crippen MR) is 110 cm³/mol. The third kappa shape index (κ3) is 4.05. The minimum absolute atomic E-state index is 0.0823. The van der Waals surface area contributed by atoms with E-state index in [9.17, 15) is 24.5 Å². The number of hydrogen-bond donors (Lipinski definition) is 1. The van der Waals surface area contributed by atoms with Crippen molar-refractivity contribution in [3.63, 3.8) is 0 Å². The summed E-state index contributed by atoms with van der Waals surface area (Å²) in [5, 5.41) is 12.9. The van der Waals surface area contributed by atoms with Crippen molar-refractivity contribution in [2.75, 3.05) is 12.0 Å². The summed E-state index contributed by atoms with van der Waals surface area (Å²) in [7, 11) is 1.44. The van der Waals surface area contributed by atoms with Crippen LogP contribution in [0.2, 0.25) is 0 Å². The van der Waals surface area contributed by atoms with Gasteiger partial charge in [0.2, 0.25) is 0 Å².